The molecule has 1 saturated carbocycles. The molecule has 3 atom stereocenters. The number of rotatable bonds is 12. The fourth-order valence-electron chi connectivity index (χ4n) is 13.1. The van der Waals surface area contributed by atoms with E-state index in [2.05, 4.69) is 91.2 Å². The number of methoxy groups -OCH3 is 1. The molecule has 73 heavy (non-hydrogen) atoms. The Balaban J connectivity index is 0.784. The fourth-order valence-corrected chi connectivity index (χ4v) is 13.1. The predicted molar refractivity (Wildman–Crippen MR) is 285 cm³/mol. The molecule has 382 valence electrons. The van der Waals surface area contributed by atoms with E-state index < -0.39 is 0 Å². The zero-order chi connectivity index (χ0) is 50.7. The van der Waals surface area contributed by atoms with Crippen LogP contribution in [0.25, 0.3) is 11.3 Å². The molecule has 7 heterocycles. The van der Waals surface area contributed by atoms with E-state index in [1.807, 2.05) is 30.3 Å². The van der Waals surface area contributed by atoms with Gasteiger partial charge in [0.2, 0.25) is 5.91 Å². The van der Waals surface area contributed by atoms with Gasteiger partial charge in [0.1, 0.15) is 11.5 Å². The number of anilines is 6. The van der Waals surface area contributed by atoms with Crippen molar-refractivity contribution in [2.75, 3.05) is 65.2 Å². The van der Waals surface area contributed by atoms with E-state index in [0.29, 0.717) is 76.7 Å². The molecule has 0 bridgehead atoms. The Hall–Kier alpha value is -6.78. The zero-order valence-electron chi connectivity index (χ0n) is 43.0. The normalized spacial score (nSPS) is 22.0. The van der Waals surface area contributed by atoms with Gasteiger partial charge >= 0.3 is 0 Å². The van der Waals surface area contributed by atoms with Gasteiger partial charge in [-0.15, -0.1) is 0 Å². The predicted octanol–water partition coefficient (Wildman–Crippen LogP) is 8.35. The lowest BCUT2D eigenvalue weighted by Crippen LogP contribution is -2.58. The molecule has 3 amide bonds. The number of aliphatic hydroxyl groups excluding tert-OH is 1. The topological polar surface area (TPSA) is 165 Å². The van der Waals surface area contributed by atoms with E-state index in [9.17, 15) is 19.5 Å². The summed E-state index contributed by atoms with van der Waals surface area (Å²) in [7, 11) is 1.53. The third kappa shape index (κ3) is 9.00. The molecule has 5 aromatic rings. The summed E-state index contributed by atoms with van der Waals surface area (Å²) < 4.78 is 7.85. The molecule has 16 heteroatoms. The van der Waals surface area contributed by atoms with Crippen molar-refractivity contribution in [2.45, 2.75) is 129 Å². The van der Waals surface area contributed by atoms with Crippen molar-refractivity contribution >= 4 is 52.1 Å². The highest BCUT2D eigenvalue weighted by molar-refractivity contribution is 6.06. The number of benzene rings is 2. The average Bonchev–Trinajstić information content (AvgIpc) is 4.03. The third-order valence-electron chi connectivity index (χ3n) is 16.6. The van der Waals surface area contributed by atoms with E-state index in [1.54, 1.807) is 23.4 Å². The van der Waals surface area contributed by atoms with E-state index in [-0.39, 0.29) is 41.7 Å². The van der Waals surface area contributed by atoms with Crippen molar-refractivity contribution in [3.8, 4) is 17.1 Å². The van der Waals surface area contributed by atoms with Gasteiger partial charge in [-0.1, -0.05) is 45.8 Å². The summed E-state index contributed by atoms with van der Waals surface area (Å²) in [5, 5.41) is 17.4. The Morgan fingerprint density at radius 1 is 0.877 bits per heavy atom. The van der Waals surface area contributed by atoms with Crippen LogP contribution in [-0.2, 0) is 37.3 Å². The van der Waals surface area contributed by atoms with Crippen LogP contribution in [0.3, 0.4) is 0 Å². The second kappa shape index (κ2) is 19.6. The van der Waals surface area contributed by atoms with Crippen LogP contribution >= 0.6 is 0 Å². The first-order valence-corrected chi connectivity index (χ1v) is 26.4. The summed E-state index contributed by atoms with van der Waals surface area (Å²) in [6.45, 7) is 17.8. The number of piperazine rings is 1. The molecular weight excluding hydrogens is 919 g/mol. The quantitative estimate of drug-likeness (QED) is 0.103. The molecule has 2 aromatic carbocycles. The number of nitrogens with one attached hydrogen (secondary N) is 2. The lowest BCUT2D eigenvalue weighted by atomic mass is 9.90. The Kier molecular flexibility index (Phi) is 13.0. The van der Waals surface area contributed by atoms with Gasteiger partial charge in [-0.2, -0.15) is 0 Å². The Morgan fingerprint density at radius 2 is 1.70 bits per heavy atom. The fraction of sp³-hybridized carbons (Fsp3) is 0.474. The van der Waals surface area contributed by atoms with Gasteiger partial charge in [-0.25, -0.2) is 15.0 Å². The van der Waals surface area contributed by atoms with Gasteiger partial charge in [0, 0.05) is 116 Å². The number of fused-ring (bicyclic) bond motifs is 4. The number of nitrogens with zero attached hydrogens (tertiary/aromatic N) is 9. The minimum absolute atomic E-state index is 0.140. The van der Waals surface area contributed by atoms with Crippen molar-refractivity contribution in [3.05, 3.63) is 107 Å². The van der Waals surface area contributed by atoms with Gasteiger partial charge in [-0.05, 0) is 112 Å². The van der Waals surface area contributed by atoms with Crippen molar-refractivity contribution < 1.29 is 24.2 Å². The third-order valence-corrected chi connectivity index (χ3v) is 16.6. The molecule has 1 unspecified atom stereocenters. The molecule has 6 aliphatic rings. The maximum absolute atomic E-state index is 14.1. The summed E-state index contributed by atoms with van der Waals surface area (Å²) in [4.78, 5) is 66.4. The minimum atomic E-state index is -0.373. The van der Waals surface area contributed by atoms with Crippen LogP contribution in [0.1, 0.15) is 116 Å². The smallest absolute Gasteiger partial charge is 0.276 e. The van der Waals surface area contributed by atoms with E-state index in [1.165, 1.54) is 55.0 Å². The van der Waals surface area contributed by atoms with Gasteiger partial charge in [0.15, 0.2) is 5.82 Å². The van der Waals surface area contributed by atoms with Crippen LogP contribution in [0.5, 0.6) is 5.88 Å². The largest absolute Gasteiger partial charge is 0.478 e. The number of piperidine rings is 1. The van der Waals surface area contributed by atoms with Gasteiger partial charge < -0.3 is 39.7 Å². The van der Waals surface area contributed by atoms with E-state index in [0.717, 1.165) is 82.5 Å². The first-order valence-electron chi connectivity index (χ1n) is 26.4. The first kappa shape index (κ1) is 48.5. The molecule has 3 aromatic heterocycles. The molecule has 3 N–H and O–H groups in total. The summed E-state index contributed by atoms with van der Waals surface area (Å²) in [5.41, 5.74) is 10.3. The molecule has 11 rings (SSSR count). The molecule has 2 aliphatic carbocycles. The number of carbonyl (C=O) groups excluding carboxylic acids is 3. The summed E-state index contributed by atoms with van der Waals surface area (Å²) in [6, 6.07) is 17.3. The van der Waals surface area contributed by atoms with Crippen LogP contribution in [0.15, 0.2) is 73.6 Å². The van der Waals surface area contributed by atoms with Crippen molar-refractivity contribution in [1.29, 1.82) is 0 Å². The highest BCUT2D eigenvalue weighted by Crippen LogP contribution is 2.42. The summed E-state index contributed by atoms with van der Waals surface area (Å²) in [6.07, 6.45) is 14.4. The molecule has 3 fully saturated rings. The lowest BCUT2D eigenvalue weighted by molar-refractivity contribution is -0.111. The summed E-state index contributed by atoms with van der Waals surface area (Å²) >= 11 is 0. The number of carbonyl (C=O) groups is 3. The Labute approximate surface area is 428 Å². The zero-order valence-corrected chi connectivity index (χ0v) is 43.0. The minimum Gasteiger partial charge on any atom is -0.478 e. The molecule has 0 radical (unpaired) electrons. The summed E-state index contributed by atoms with van der Waals surface area (Å²) in [5.74, 6) is 0.721. The number of hydrogen-bond acceptors (Lipinski definition) is 12. The van der Waals surface area contributed by atoms with Crippen molar-refractivity contribution in [1.82, 2.24) is 29.3 Å². The number of aliphatic hydroxyl groups is 1. The van der Waals surface area contributed by atoms with Gasteiger partial charge in [-0.3, -0.25) is 24.2 Å². The molecule has 16 nitrogen and oxygen atoms in total. The Morgan fingerprint density at radius 3 is 2.47 bits per heavy atom. The SMILES string of the molecule is C=CC(=O)Nc1cc(Nc2nc(-c3ccnc(N4CCn5c(cc6c5CC(C)(C)C6)C4=O)c3CO)cnc2OC)ccc1N1CCN(C2CCN(c3cccc4c3CN(C3CCCCC3)C4=O)[C@H](C)C2)C[C@@H]1C. The van der Waals surface area contributed by atoms with Crippen molar-refractivity contribution in [3.63, 3.8) is 0 Å². The van der Waals surface area contributed by atoms with Crippen LogP contribution in [0.4, 0.5) is 34.4 Å². The second-order valence-corrected chi connectivity index (χ2v) is 21.9. The van der Waals surface area contributed by atoms with E-state index >= 15 is 0 Å². The van der Waals surface area contributed by atoms with Gasteiger partial charge in [0.05, 0.1) is 37.0 Å². The average molecular weight is 988 g/mol. The highest BCUT2D eigenvalue weighted by Gasteiger charge is 2.40. The maximum Gasteiger partial charge on any atom is 0.276 e. The molecule has 0 spiro atoms. The van der Waals surface area contributed by atoms with Crippen LogP contribution in [-0.4, -0.2) is 116 Å². The first-order chi connectivity index (χ1) is 35.3. The van der Waals surface area contributed by atoms with Crippen LogP contribution in [0.2, 0.25) is 0 Å². The highest BCUT2D eigenvalue weighted by atomic mass is 16.5. The number of hydrogen-bond donors (Lipinski definition) is 3. The molecule has 2 saturated heterocycles. The molecular formula is C57H69N11O5. The number of pyridine rings is 1. The van der Waals surface area contributed by atoms with E-state index in [4.69, 9.17) is 9.72 Å². The Bertz CT molecular complexity index is 2980. The maximum atomic E-state index is 14.1. The molecule has 4 aliphatic heterocycles. The number of ether oxygens (including phenoxy) is 1. The second-order valence-electron chi connectivity index (χ2n) is 21.9. The number of amides is 3. The standard InChI is InChI=1S/C57H69N11O5/c1-7-51(70)61-45-28-38(60-52-54(73-6)59-31-46(62-52)41-18-20-58-53(44(41)34-69)67-25-24-66-49(56(67)72)27-37-29-57(4,5)30-50(37)66)16-17-48(45)65-23-22-63(32-36(65)3)40-19-21-64(35(2)26-40)47-15-11-14-42-43(47)33-68(55(42)71)39-12-9-8-10-13-39/h7,11,14-18,20,27-28,31,35-36,39-40,69H,1,8-10,12-13,19,21-26,29-30,32-34H2,2-6H3,(H,60,62)(H,61,70)/t35-,36+,40?/m1/s1. The van der Waals surface area contributed by atoms with Crippen LogP contribution in [0, 0.1) is 5.41 Å². The monoisotopic (exact) mass is 988 g/mol. The van der Waals surface area contributed by atoms with Crippen LogP contribution < -0.4 is 30.1 Å². The van der Waals surface area contributed by atoms with Gasteiger partial charge in [0.25, 0.3) is 17.7 Å². The number of aromatic nitrogens is 4. The lowest BCUT2D eigenvalue weighted by Gasteiger charge is -2.48. The van der Waals surface area contributed by atoms with Crippen molar-refractivity contribution in [2.24, 2.45) is 5.41 Å².